The number of ether oxygens (including phenoxy) is 2. The Labute approximate surface area is 146 Å². The fourth-order valence-electron chi connectivity index (χ4n) is 3.10. The lowest BCUT2D eigenvalue weighted by Crippen LogP contribution is -2.32. The van der Waals surface area contributed by atoms with Crippen molar-refractivity contribution in [2.24, 2.45) is 0 Å². The van der Waals surface area contributed by atoms with Crippen molar-refractivity contribution >= 4 is 23.3 Å². The Morgan fingerprint density at radius 1 is 1.28 bits per heavy atom. The van der Waals surface area contributed by atoms with Crippen LogP contribution in [0.4, 0.5) is 4.39 Å². The summed E-state index contributed by atoms with van der Waals surface area (Å²) in [7, 11) is 0. The fraction of sp³-hybridized carbons (Fsp3) is 0.375. The maximum absolute atomic E-state index is 13.4. The molecule has 0 amide bonds. The Morgan fingerprint density at radius 2 is 1.92 bits per heavy atom. The minimum Gasteiger partial charge on any atom is -0.478 e. The van der Waals surface area contributed by atoms with E-state index in [9.17, 15) is 24.2 Å². The van der Waals surface area contributed by atoms with E-state index in [4.69, 9.17) is 9.47 Å². The van der Waals surface area contributed by atoms with Gasteiger partial charge in [0.1, 0.15) is 6.67 Å². The number of halogens is 1. The Balaban J connectivity index is 2.19. The average molecular weight is 369 g/mol. The number of nitrogens with one attached hydrogen (secondary N) is 1. The van der Waals surface area contributed by atoms with E-state index in [1.807, 2.05) is 0 Å². The van der Waals surface area contributed by atoms with Gasteiger partial charge in [-0.05, 0) is 18.4 Å². The summed E-state index contributed by atoms with van der Waals surface area (Å²) in [6.45, 7) is 1.23. The van der Waals surface area contributed by atoms with Gasteiger partial charge in [-0.1, -0.05) is 0 Å². The molecule has 0 spiro atoms. The van der Waals surface area contributed by atoms with Crippen molar-refractivity contribution in [3.05, 3.63) is 44.4 Å². The lowest BCUT2D eigenvalue weighted by molar-refractivity contribution is -0.133. The molecular formula is C16H16FNO6S. The first-order chi connectivity index (χ1) is 12.0. The molecule has 1 aromatic heterocycles. The zero-order chi connectivity index (χ0) is 18.1. The molecule has 2 aliphatic rings. The first-order valence-electron chi connectivity index (χ1n) is 7.49. The number of alkyl halides is 1. The van der Waals surface area contributed by atoms with Crippen molar-refractivity contribution in [3.63, 3.8) is 0 Å². The number of thiophene rings is 1. The molecule has 1 aromatic rings. The number of dihydropyridines is 1. The molecule has 3 N–H and O–H groups in total. The van der Waals surface area contributed by atoms with Crippen LogP contribution in [0.1, 0.15) is 29.6 Å². The lowest BCUT2D eigenvalue weighted by atomic mass is 9.83. The van der Waals surface area contributed by atoms with Crippen molar-refractivity contribution in [2.45, 2.75) is 19.1 Å². The number of hydrogen-bond acceptors (Lipinski definition) is 6. The smallest absolute Gasteiger partial charge is 0.334 e. The summed E-state index contributed by atoms with van der Waals surface area (Å²) in [6.07, 6.45) is -0.685. The van der Waals surface area contributed by atoms with Crippen LogP contribution in [-0.4, -0.2) is 42.0 Å². The number of hydrogen-bond donors (Lipinski definition) is 3. The van der Waals surface area contributed by atoms with Crippen LogP contribution in [0.15, 0.2) is 34.0 Å². The Kier molecular flexibility index (Phi) is 4.89. The molecule has 3 rings (SSSR count). The third-order valence-corrected chi connectivity index (χ3v) is 5.10. The second kappa shape index (κ2) is 6.95. The zero-order valence-electron chi connectivity index (χ0n) is 13.2. The number of allylic oxidation sites excluding steroid dienone is 2. The predicted molar refractivity (Wildman–Crippen MR) is 85.8 cm³/mol. The van der Waals surface area contributed by atoms with Crippen molar-refractivity contribution in [1.29, 1.82) is 0 Å². The van der Waals surface area contributed by atoms with Gasteiger partial charge in [0.25, 0.3) is 0 Å². The Hall–Kier alpha value is -2.23. The summed E-state index contributed by atoms with van der Waals surface area (Å²) in [5, 5.41) is 23.5. The first kappa shape index (κ1) is 17.6. The minimum atomic E-state index is -1.37. The van der Waals surface area contributed by atoms with E-state index in [1.54, 1.807) is 11.4 Å². The van der Waals surface area contributed by atoms with Crippen molar-refractivity contribution < 1.29 is 33.7 Å². The SMILES string of the molecule is CC1=C(C(=O)O)C(c2sccc2C2OCCO2)C(C(=O)O)=C(CF)N1. The van der Waals surface area contributed by atoms with Crippen LogP contribution in [0.2, 0.25) is 0 Å². The molecule has 0 bridgehead atoms. The third kappa shape index (κ3) is 3.06. The fourth-order valence-corrected chi connectivity index (χ4v) is 4.13. The Bertz CT molecular complexity index is 777. The normalized spacial score (nSPS) is 21.6. The largest absolute Gasteiger partial charge is 0.478 e. The van der Waals surface area contributed by atoms with Crippen LogP contribution < -0.4 is 5.32 Å². The summed E-state index contributed by atoms with van der Waals surface area (Å²) in [4.78, 5) is 24.1. The second-order valence-corrected chi connectivity index (χ2v) is 6.49. The van der Waals surface area contributed by atoms with Crippen LogP contribution >= 0.6 is 11.3 Å². The van der Waals surface area contributed by atoms with E-state index in [0.717, 1.165) is 0 Å². The molecule has 7 nitrogen and oxygen atoms in total. The summed E-state index contributed by atoms with van der Waals surface area (Å²) in [6, 6.07) is 1.71. The molecule has 1 atom stereocenters. The molecule has 0 aromatic carbocycles. The van der Waals surface area contributed by atoms with Gasteiger partial charge in [0, 0.05) is 16.1 Å². The van der Waals surface area contributed by atoms with Gasteiger partial charge in [-0.25, -0.2) is 14.0 Å². The molecule has 25 heavy (non-hydrogen) atoms. The summed E-state index contributed by atoms with van der Waals surface area (Å²) >= 11 is 1.19. The van der Waals surface area contributed by atoms with Gasteiger partial charge in [-0.3, -0.25) is 0 Å². The van der Waals surface area contributed by atoms with Gasteiger partial charge < -0.3 is 25.0 Å². The first-order valence-corrected chi connectivity index (χ1v) is 8.37. The van der Waals surface area contributed by atoms with Crippen molar-refractivity contribution in [2.75, 3.05) is 19.9 Å². The van der Waals surface area contributed by atoms with Gasteiger partial charge in [0.05, 0.1) is 36.0 Å². The molecule has 0 radical (unpaired) electrons. The molecule has 1 fully saturated rings. The molecular weight excluding hydrogens is 353 g/mol. The van der Waals surface area contributed by atoms with Crippen LogP contribution in [0.3, 0.4) is 0 Å². The lowest BCUT2D eigenvalue weighted by Gasteiger charge is -2.29. The topological polar surface area (TPSA) is 105 Å². The van der Waals surface area contributed by atoms with E-state index in [0.29, 0.717) is 23.7 Å². The number of carboxylic acid groups (broad SMARTS) is 2. The number of carboxylic acids is 2. The van der Waals surface area contributed by atoms with Gasteiger partial charge in [0.2, 0.25) is 0 Å². The third-order valence-electron chi connectivity index (χ3n) is 4.10. The summed E-state index contributed by atoms with van der Waals surface area (Å²) in [5.41, 5.74) is 0.191. The monoisotopic (exact) mass is 369 g/mol. The van der Waals surface area contributed by atoms with Crippen molar-refractivity contribution in [3.8, 4) is 0 Å². The molecule has 2 aliphatic heterocycles. The van der Waals surface area contributed by atoms with Crippen LogP contribution in [0.25, 0.3) is 0 Å². The number of rotatable bonds is 5. The predicted octanol–water partition coefficient (Wildman–Crippen LogP) is 2.15. The molecule has 0 saturated carbocycles. The quantitative estimate of drug-likeness (QED) is 0.730. The highest BCUT2D eigenvalue weighted by atomic mass is 32.1. The summed E-state index contributed by atoms with van der Waals surface area (Å²) in [5.74, 6) is -3.74. The van der Waals surface area contributed by atoms with Crippen LogP contribution in [0.5, 0.6) is 0 Å². The van der Waals surface area contributed by atoms with E-state index in [1.165, 1.54) is 18.3 Å². The summed E-state index contributed by atoms with van der Waals surface area (Å²) < 4.78 is 24.3. The van der Waals surface area contributed by atoms with Crippen LogP contribution in [0, 0.1) is 0 Å². The van der Waals surface area contributed by atoms with Crippen molar-refractivity contribution in [1.82, 2.24) is 5.32 Å². The molecule has 3 heterocycles. The highest BCUT2D eigenvalue weighted by Crippen LogP contribution is 2.44. The molecule has 1 unspecified atom stereocenters. The Morgan fingerprint density at radius 3 is 2.48 bits per heavy atom. The van der Waals surface area contributed by atoms with E-state index in [-0.39, 0.29) is 22.5 Å². The van der Waals surface area contributed by atoms with Gasteiger partial charge in [0.15, 0.2) is 6.29 Å². The standard InChI is InChI=1S/C16H16FNO6S/c1-7-10(14(19)20)12(11(15(21)22)9(6-17)18-7)13-8(2-5-25-13)16-23-3-4-24-16/h2,5,12,16,18H,3-4,6H2,1H3,(H,19,20)(H,21,22). The number of aliphatic carboxylic acids is 2. The van der Waals surface area contributed by atoms with Gasteiger partial charge in [-0.15, -0.1) is 11.3 Å². The second-order valence-electron chi connectivity index (χ2n) is 5.55. The molecule has 1 saturated heterocycles. The average Bonchev–Trinajstić information content (AvgIpc) is 3.23. The maximum Gasteiger partial charge on any atom is 0.334 e. The van der Waals surface area contributed by atoms with E-state index >= 15 is 0 Å². The zero-order valence-corrected chi connectivity index (χ0v) is 14.1. The maximum atomic E-state index is 13.4. The van der Waals surface area contributed by atoms with E-state index in [2.05, 4.69) is 5.32 Å². The van der Waals surface area contributed by atoms with E-state index < -0.39 is 30.8 Å². The van der Waals surface area contributed by atoms with Gasteiger partial charge in [-0.2, -0.15) is 0 Å². The highest BCUT2D eigenvalue weighted by molar-refractivity contribution is 7.10. The molecule has 9 heteroatoms. The molecule has 0 aliphatic carbocycles. The highest BCUT2D eigenvalue weighted by Gasteiger charge is 2.40. The van der Waals surface area contributed by atoms with Crippen LogP contribution in [-0.2, 0) is 19.1 Å². The number of carbonyl (C=O) groups is 2. The van der Waals surface area contributed by atoms with Gasteiger partial charge >= 0.3 is 11.9 Å². The molecule has 134 valence electrons. The minimum absolute atomic E-state index is 0.128.